The molecule has 0 aliphatic rings. The highest BCUT2D eigenvalue weighted by molar-refractivity contribution is 6.31. The molecule has 8 nitrogen and oxygen atoms in total. The summed E-state index contributed by atoms with van der Waals surface area (Å²) in [6, 6.07) is 13.4. The van der Waals surface area contributed by atoms with Crippen molar-refractivity contribution in [3.8, 4) is 11.5 Å². The minimum absolute atomic E-state index is 0.104. The molecule has 0 radical (unpaired) electrons. The van der Waals surface area contributed by atoms with Crippen LogP contribution < -0.4 is 9.47 Å². The Bertz CT molecular complexity index is 1480. The standard InChI is InChI=1S/C42H61ClO8/c1-7-13-17-30(9-3)24-46-26-33(50-39(44)11-5)28-48-41-35-19-15-16-20-36(35)42(38-23-32(43)21-22-37(38)41)49-29-34(51-40(45)12-6)27-47-25-31(10-4)18-14-8-2/h15-16,19-23,30-31,33-34H,7-14,17-18,24-29H2,1-6H3. The fourth-order valence-corrected chi connectivity index (χ4v) is 6.21. The number of esters is 2. The third-order valence-corrected chi connectivity index (χ3v) is 9.52. The fraction of sp³-hybridized carbons (Fsp3) is 0.619. The minimum atomic E-state index is -0.589. The van der Waals surface area contributed by atoms with E-state index in [9.17, 15) is 9.59 Å². The second-order valence-corrected chi connectivity index (χ2v) is 13.8. The summed E-state index contributed by atoms with van der Waals surface area (Å²) in [5.74, 6) is 1.56. The number of benzene rings is 3. The van der Waals surface area contributed by atoms with Gasteiger partial charge in [0.1, 0.15) is 24.7 Å². The topological polar surface area (TPSA) is 89.5 Å². The predicted molar refractivity (Wildman–Crippen MR) is 206 cm³/mol. The average molecular weight is 729 g/mol. The van der Waals surface area contributed by atoms with Crippen LogP contribution in [-0.4, -0.2) is 63.8 Å². The highest BCUT2D eigenvalue weighted by Gasteiger charge is 2.23. The molecule has 4 atom stereocenters. The molecule has 9 heteroatoms. The largest absolute Gasteiger partial charge is 0.488 e. The van der Waals surface area contributed by atoms with Crippen molar-refractivity contribution in [3.05, 3.63) is 47.5 Å². The van der Waals surface area contributed by atoms with Crippen LogP contribution in [0.25, 0.3) is 21.5 Å². The number of carbonyl (C=O) groups is 2. The molecule has 51 heavy (non-hydrogen) atoms. The van der Waals surface area contributed by atoms with Gasteiger partial charge in [-0.15, -0.1) is 0 Å². The van der Waals surface area contributed by atoms with Crippen LogP contribution in [0, 0.1) is 11.8 Å². The van der Waals surface area contributed by atoms with Crippen LogP contribution in [0.4, 0.5) is 0 Å². The number of carbonyl (C=O) groups excluding carboxylic acids is 2. The third-order valence-electron chi connectivity index (χ3n) is 9.29. The van der Waals surface area contributed by atoms with Crippen LogP contribution in [0.15, 0.2) is 42.5 Å². The second kappa shape index (κ2) is 23.5. The first-order valence-electron chi connectivity index (χ1n) is 19.2. The number of unbranched alkanes of at least 4 members (excludes halogenated alkanes) is 2. The summed E-state index contributed by atoms with van der Waals surface area (Å²) >= 11 is 6.56. The van der Waals surface area contributed by atoms with Crippen LogP contribution in [-0.2, 0) is 28.5 Å². The van der Waals surface area contributed by atoms with Gasteiger partial charge in [-0.05, 0) is 42.9 Å². The maximum absolute atomic E-state index is 12.4. The van der Waals surface area contributed by atoms with Gasteiger partial charge in [-0.1, -0.05) is 116 Å². The summed E-state index contributed by atoms with van der Waals surface area (Å²) in [5, 5.41) is 3.73. The van der Waals surface area contributed by atoms with Gasteiger partial charge in [-0.25, -0.2) is 0 Å². The van der Waals surface area contributed by atoms with Crippen molar-refractivity contribution in [1.29, 1.82) is 0 Å². The van der Waals surface area contributed by atoms with Crippen LogP contribution in [0.2, 0.25) is 5.02 Å². The van der Waals surface area contributed by atoms with Gasteiger partial charge < -0.3 is 28.4 Å². The fourth-order valence-electron chi connectivity index (χ4n) is 6.03. The molecule has 3 aromatic carbocycles. The first-order chi connectivity index (χ1) is 24.8. The van der Waals surface area contributed by atoms with E-state index in [-0.39, 0.29) is 51.2 Å². The van der Waals surface area contributed by atoms with Crippen molar-refractivity contribution in [2.75, 3.05) is 39.6 Å². The zero-order valence-electron chi connectivity index (χ0n) is 31.8. The zero-order valence-corrected chi connectivity index (χ0v) is 32.6. The van der Waals surface area contributed by atoms with Crippen LogP contribution in [0.5, 0.6) is 11.5 Å². The maximum Gasteiger partial charge on any atom is 0.305 e. The number of hydrogen-bond donors (Lipinski definition) is 0. The normalized spacial score (nSPS) is 13.9. The summed E-state index contributed by atoms with van der Waals surface area (Å²) in [6.07, 6.45) is 8.29. The van der Waals surface area contributed by atoms with Gasteiger partial charge >= 0.3 is 11.9 Å². The van der Waals surface area contributed by atoms with Crippen LogP contribution >= 0.6 is 11.6 Å². The van der Waals surface area contributed by atoms with E-state index in [0.717, 1.165) is 60.1 Å². The predicted octanol–water partition coefficient (Wildman–Crippen LogP) is 10.5. The van der Waals surface area contributed by atoms with Gasteiger partial charge in [-0.3, -0.25) is 9.59 Å². The Hall–Kier alpha value is -3.07. The van der Waals surface area contributed by atoms with E-state index in [2.05, 4.69) is 27.7 Å². The molecule has 0 spiro atoms. The lowest BCUT2D eigenvalue weighted by atomic mass is 10.0. The molecule has 0 fully saturated rings. The van der Waals surface area contributed by atoms with Gasteiger partial charge in [0.15, 0.2) is 12.2 Å². The van der Waals surface area contributed by atoms with Crippen LogP contribution in [0.3, 0.4) is 0 Å². The Kier molecular flexibility index (Phi) is 19.5. The Morgan fingerprint density at radius 1 is 0.588 bits per heavy atom. The van der Waals surface area contributed by atoms with Gasteiger partial charge in [-0.2, -0.15) is 0 Å². The van der Waals surface area contributed by atoms with Gasteiger partial charge in [0.2, 0.25) is 0 Å². The summed E-state index contributed by atoms with van der Waals surface area (Å²) in [6.45, 7) is 14.2. The molecule has 0 N–H and O–H groups in total. The first kappa shape index (κ1) is 42.3. The van der Waals surface area contributed by atoms with Crippen molar-refractivity contribution < 1.29 is 38.0 Å². The van der Waals surface area contributed by atoms with Crippen molar-refractivity contribution in [3.63, 3.8) is 0 Å². The number of halogens is 1. The SMILES string of the molecule is CCCCC(CC)COCC(COc1c2ccccc2c(OCC(COCC(CC)CCCC)OC(=O)CC)c2cc(Cl)ccc12)OC(=O)CC. The van der Waals surface area contributed by atoms with Crippen LogP contribution in [0.1, 0.15) is 106 Å². The van der Waals surface area contributed by atoms with Gasteiger partial charge in [0, 0.05) is 52.6 Å². The van der Waals surface area contributed by atoms with Crippen molar-refractivity contribution >= 4 is 45.1 Å². The molecule has 284 valence electrons. The lowest BCUT2D eigenvalue weighted by Crippen LogP contribution is -2.31. The molecular weight excluding hydrogens is 668 g/mol. The quantitative estimate of drug-likeness (QED) is 0.0596. The molecule has 0 saturated carbocycles. The number of rotatable bonds is 26. The van der Waals surface area contributed by atoms with E-state index in [1.54, 1.807) is 13.8 Å². The molecule has 0 aromatic heterocycles. The minimum Gasteiger partial charge on any atom is -0.488 e. The summed E-state index contributed by atoms with van der Waals surface area (Å²) in [4.78, 5) is 24.8. The second-order valence-electron chi connectivity index (χ2n) is 13.4. The van der Waals surface area contributed by atoms with E-state index >= 15 is 0 Å². The Balaban J connectivity index is 1.88. The Morgan fingerprint density at radius 2 is 1.04 bits per heavy atom. The third kappa shape index (κ3) is 13.8. The van der Waals surface area contributed by atoms with E-state index in [1.807, 2.05) is 42.5 Å². The molecule has 0 aliphatic heterocycles. The van der Waals surface area contributed by atoms with E-state index in [1.165, 1.54) is 12.8 Å². The lowest BCUT2D eigenvalue weighted by molar-refractivity contribution is -0.154. The van der Waals surface area contributed by atoms with E-state index < -0.39 is 12.2 Å². The van der Waals surface area contributed by atoms with E-state index in [0.29, 0.717) is 41.6 Å². The van der Waals surface area contributed by atoms with Gasteiger partial charge in [0.25, 0.3) is 0 Å². The molecular formula is C42H61ClO8. The molecule has 4 unspecified atom stereocenters. The lowest BCUT2D eigenvalue weighted by Gasteiger charge is -2.24. The summed E-state index contributed by atoms with van der Waals surface area (Å²) in [5.41, 5.74) is 0. The number of fused-ring (bicyclic) bond motifs is 2. The molecule has 0 heterocycles. The number of hydrogen-bond acceptors (Lipinski definition) is 8. The highest BCUT2D eigenvalue weighted by atomic mass is 35.5. The molecule has 0 amide bonds. The molecule has 3 aromatic rings. The molecule has 3 rings (SSSR count). The van der Waals surface area contributed by atoms with Gasteiger partial charge in [0.05, 0.1) is 13.2 Å². The highest BCUT2D eigenvalue weighted by Crippen LogP contribution is 2.44. The van der Waals surface area contributed by atoms with E-state index in [4.69, 9.17) is 40.0 Å². The average Bonchev–Trinajstić information content (AvgIpc) is 3.14. The maximum atomic E-state index is 12.4. The molecule has 0 aliphatic carbocycles. The molecule has 0 bridgehead atoms. The first-order valence-corrected chi connectivity index (χ1v) is 19.6. The zero-order chi connectivity index (χ0) is 37.0. The number of ether oxygens (including phenoxy) is 6. The van der Waals surface area contributed by atoms with Crippen molar-refractivity contribution in [2.24, 2.45) is 11.8 Å². The van der Waals surface area contributed by atoms with Crippen molar-refractivity contribution in [1.82, 2.24) is 0 Å². The summed E-state index contributed by atoms with van der Waals surface area (Å²) in [7, 11) is 0. The smallest absolute Gasteiger partial charge is 0.305 e. The van der Waals surface area contributed by atoms with Crippen molar-refractivity contribution in [2.45, 2.75) is 118 Å². The Labute approximate surface area is 310 Å². The summed E-state index contributed by atoms with van der Waals surface area (Å²) < 4.78 is 36.8. The monoisotopic (exact) mass is 728 g/mol. The molecule has 0 saturated heterocycles. The Morgan fingerprint density at radius 3 is 1.47 bits per heavy atom.